The summed E-state index contributed by atoms with van der Waals surface area (Å²) in [5.74, 6) is -0.296. The zero-order valence-electron chi connectivity index (χ0n) is 40.7. The number of hydrogen-bond acceptors (Lipinski definition) is 0. The van der Waals surface area contributed by atoms with Crippen molar-refractivity contribution in [1.82, 2.24) is 9.13 Å². The zero-order valence-corrected chi connectivity index (χ0v) is 42.4. The maximum absolute atomic E-state index is 3.75. The van der Waals surface area contributed by atoms with E-state index >= 15 is 0 Å². The molecular formula is C69H56N2Se. The maximum atomic E-state index is 3.75. The third-order valence-electron chi connectivity index (χ3n) is 14.2. The molecule has 0 radical (unpaired) electrons. The predicted molar refractivity (Wildman–Crippen MR) is 299 cm³/mol. The molecule has 348 valence electrons. The van der Waals surface area contributed by atoms with Gasteiger partial charge in [-0.1, -0.05) is 0 Å². The molecule has 0 unspecified atom stereocenters. The van der Waals surface area contributed by atoms with Gasteiger partial charge in [-0.05, 0) is 0 Å². The fourth-order valence-corrected chi connectivity index (χ4v) is 11.8. The first kappa shape index (κ1) is 46.3. The molecule has 0 N–H and O–H groups in total. The van der Waals surface area contributed by atoms with E-state index in [4.69, 9.17) is 0 Å². The van der Waals surface area contributed by atoms with Crippen molar-refractivity contribution in [2.75, 3.05) is 0 Å². The van der Waals surface area contributed by atoms with Crippen LogP contribution in [0.25, 0.3) is 11.4 Å². The first-order chi connectivity index (χ1) is 35.5. The summed E-state index contributed by atoms with van der Waals surface area (Å²) < 4.78 is 5.89. The minimum atomic E-state index is -0.0740. The molecule has 11 aromatic rings. The van der Waals surface area contributed by atoms with Crippen LogP contribution in [-0.2, 0) is 0 Å². The Balaban J connectivity index is 1.26. The van der Waals surface area contributed by atoms with Gasteiger partial charge in [-0.25, -0.2) is 0 Å². The van der Waals surface area contributed by atoms with Gasteiger partial charge in [0.2, 0.25) is 0 Å². The summed E-state index contributed by atoms with van der Waals surface area (Å²) in [6, 6.07) is 98.1. The fraction of sp³-hybridized carbons (Fsp3) is 0.0870. The van der Waals surface area contributed by atoms with Crippen LogP contribution in [0.1, 0.15) is 102 Å². The van der Waals surface area contributed by atoms with Crippen molar-refractivity contribution in [3.8, 4) is 11.4 Å². The average molecular weight is 992 g/mol. The van der Waals surface area contributed by atoms with E-state index in [1.807, 2.05) is 0 Å². The van der Waals surface area contributed by atoms with E-state index in [9.17, 15) is 0 Å². The number of rotatable bonds is 14. The molecule has 0 saturated carbocycles. The van der Waals surface area contributed by atoms with E-state index in [1.54, 1.807) is 0 Å². The van der Waals surface area contributed by atoms with Crippen LogP contribution >= 0.6 is 0 Å². The molecular weight excluding hydrogens is 936 g/mol. The van der Waals surface area contributed by atoms with Crippen LogP contribution in [0, 0.1) is 18.2 Å². The number of benzene rings is 10. The summed E-state index contributed by atoms with van der Waals surface area (Å²) in [4.78, 5) is 0. The molecule has 0 saturated heterocycles. The van der Waals surface area contributed by atoms with Crippen LogP contribution < -0.4 is 0 Å². The summed E-state index contributed by atoms with van der Waals surface area (Å²) in [5, 5.41) is 0. The second-order valence-electron chi connectivity index (χ2n) is 18.9. The van der Waals surface area contributed by atoms with Gasteiger partial charge in [-0.3, -0.25) is 0 Å². The fourth-order valence-electron chi connectivity index (χ4n) is 11.2. The molecule has 0 spiro atoms. The minimum absolute atomic E-state index is 0.0740. The molecule has 0 aliphatic carbocycles. The van der Waals surface area contributed by atoms with Gasteiger partial charge >= 0.3 is 435 Å². The Morgan fingerprint density at radius 1 is 0.264 bits per heavy atom. The van der Waals surface area contributed by atoms with Gasteiger partial charge < -0.3 is 0 Å². The molecule has 1 aromatic heterocycles. The van der Waals surface area contributed by atoms with Gasteiger partial charge in [0.15, 0.2) is 0 Å². The van der Waals surface area contributed by atoms with Gasteiger partial charge in [0, 0.05) is 0 Å². The normalized spacial score (nSPS) is 11.5. The van der Waals surface area contributed by atoms with E-state index in [-0.39, 0.29) is 23.7 Å². The Labute approximate surface area is 432 Å². The molecule has 0 atom stereocenters. The topological polar surface area (TPSA) is 9.86 Å². The number of imidazole rings is 1. The van der Waals surface area contributed by atoms with Crippen molar-refractivity contribution < 1.29 is 0 Å². The zero-order chi connectivity index (χ0) is 48.8. The average Bonchev–Trinajstić information content (AvgIpc) is 3.80. The van der Waals surface area contributed by atoms with Crippen LogP contribution in [0.5, 0.6) is 0 Å². The predicted octanol–water partition coefficient (Wildman–Crippen LogP) is 16.3. The second kappa shape index (κ2) is 21.1. The van der Waals surface area contributed by atoms with Gasteiger partial charge in [0.1, 0.15) is 0 Å². The molecule has 0 aliphatic heterocycles. The summed E-state index contributed by atoms with van der Waals surface area (Å²) in [6.07, 6.45) is 4.61. The molecule has 3 heteroatoms. The Morgan fingerprint density at radius 2 is 0.431 bits per heavy atom. The first-order valence-electron chi connectivity index (χ1n) is 25.0. The Hall–Kier alpha value is -8.07. The van der Waals surface area contributed by atoms with Crippen LogP contribution in [0.4, 0.5) is 0 Å². The molecule has 10 aromatic carbocycles. The van der Waals surface area contributed by atoms with Crippen LogP contribution in [0.3, 0.4) is 0 Å². The van der Waals surface area contributed by atoms with Crippen molar-refractivity contribution in [2.45, 2.75) is 37.5 Å². The molecule has 2 nitrogen and oxygen atoms in total. The van der Waals surface area contributed by atoms with Crippen molar-refractivity contribution in [2.24, 2.45) is 0 Å². The van der Waals surface area contributed by atoms with Gasteiger partial charge in [0.05, 0.1) is 0 Å². The summed E-state index contributed by atoms with van der Waals surface area (Å²) in [6.45, 7) is 4.52. The first-order valence-corrected chi connectivity index (χ1v) is 25.9. The molecule has 0 bridgehead atoms. The van der Waals surface area contributed by atoms with Crippen LogP contribution in [-0.4, -0.2) is 24.7 Å². The van der Waals surface area contributed by atoms with E-state index in [0.717, 1.165) is 15.7 Å². The molecule has 0 aliphatic rings. The molecule has 72 heavy (non-hydrogen) atoms. The number of hydrogen-bond donors (Lipinski definition) is 0. The third-order valence-corrected chi connectivity index (χ3v) is 15.0. The Bertz CT molecular complexity index is 2990. The van der Waals surface area contributed by atoms with E-state index in [2.05, 4.69) is 318 Å². The van der Waals surface area contributed by atoms with Crippen LogP contribution in [0.15, 0.2) is 279 Å². The third kappa shape index (κ3) is 9.34. The molecule has 1 heterocycles. The summed E-state index contributed by atoms with van der Waals surface area (Å²) >= 11 is 3.75. The molecule has 0 amide bonds. The van der Waals surface area contributed by atoms with Crippen molar-refractivity contribution >= 4 is 15.6 Å². The van der Waals surface area contributed by atoms with Crippen molar-refractivity contribution in [3.05, 3.63) is 362 Å². The van der Waals surface area contributed by atoms with Crippen LogP contribution in [0.2, 0.25) is 0 Å². The Kier molecular flexibility index (Phi) is 13.6. The second-order valence-corrected chi connectivity index (χ2v) is 19.7. The summed E-state index contributed by atoms with van der Waals surface area (Å²) in [7, 11) is 0. The van der Waals surface area contributed by atoms with E-state index in [0.29, 0.717) is 0 Å². The standard InChI is InChI=1S/C69H56N2Se/c1-49-45-59(63(51-27-11-3-12-28-51)52-29-13-4-14-30-52)67(60(46-49)64(53-31-15-5-16-32-53)54-33-17-6-18-34-54)70-43-44-71(69(70)72)68-61(65(55-35-19-7-20-36-55)56-37-21-8-22-38-56)47-50(2)48-62(68)66(57-39-23-9-24-40-57)58-41-25-10-26-42-58/h3-48,63-66H,1-2H3. The molecule has 11 rings (SSSR count). The number of aryl methyl sites for hydroxylation is 2. The summed E-state index contributed by atoms with van der Waals surface area (Å²) in [5.41, 5.74) is 19.6. The van der Waals surface area contributed by atoms with Gasteiger partial charge in [-0.15, -0.1) is 0 Å². The SMILES string of the molecule is Cc1cc(C(c2ccccc2)c2ccccc2)c(-n2ccn(-c3c(C(c4ccccc4)c4ccccc4)cc(C)cc3C(c3ccccc3)c3ccccc3)c2=[Se])c(C(c2ccccc2)c2ccccc2)c1. The van der Waals surface area contributed by atoms with Crippen molar-refractivity contribution in [1.29, 1.82) is 0 Å². The molecule has 0 fully saturated rings. The number of aromatic nitrogens is 2. The van der Waals surface area contributed by atoms with Gasteiger partial charge in [-0.2, -0.15) is 0 Å². The van der Waals surface area contributed by atoms with Gasteiger partial charge in [0.25, 0.3) is 0 Å². The number of nitrogens with zero attached hydrogens (tertiary/aromatic N) is 2. The van der Waals surface area contributed by atoms with E-state index in [1.165, 1.54) is 77.9 Å². The monoisotopic (exact) mass is 992 g/mol. The van der Waals surface area contributed by atoms with E-state index < -0.39 is 0 Å². The quantitative estimate of drug-likeness (QED) is 0.0759. The van der Waals surface area contributed by atoms with Crippen molar-refractivity contribution in [3.63, 3.8) is 0 Å². The Morgan fingerprint density at radius 3 is 0.597 bits per heavy atom.